The Kier molecular flexibility index (Phi) is 3.62. The van der Waals surface area contributed by atoms with E-state index in [1.165, 1.54) is 26.4 Å². The van der Waals surface area contributed by atoms with E-state index in [4.69, 9.17) is 15.2 Å². The summed E-state index contributed by atoms with van der Waals surface area (Å²) in [5, 5.41) is 0. The molecule has 1 aromatic carbocycles. The molecular weight excluding hydrogens is 308 g/mol. The van der Waals surface area contributed by atoms with Gasteiger partial charge in [0.05, 0.1) is 7.11 Å². The third-order valence-corrected chi connectivity index (χ3v) is 5.85. The minimum atomic E-state index is -0.555. The summed E-state index contributed by atoms with van der Waals surface area (Å²) < 4.78 is 10.6. The molecule has 0 aromatic heterocycles. The van der Waals surface area contributed by atoms with Crippen molar-refractivity contribution in [3.8, 4) is 11.5 Å². The molecule has 1 aliphatic heterocycles. The number of benzene rings is 1. The van der Waals surface area contributed by atoms with Gasteiger partial charge in [0.2, 0.25) is 0 Å². The van der Waals surface area contributed by atoms with Crippen LogP contribution in [0.25, 0.3) is 0 Å². The van der Waals surface area contributed by atoms with Crippen molar-refractivity contribution in [2.24, 2.45) is 23.5 Å². The molecule has 0 spiro atoms. The fourth-order valence-electron chi connectivity index (χ4n) is 4.79. The predicted molar refractivity (Wildman–Crippen MR) is 86.8 cm³/mol. The molecule has 0 radical (unpaired) electrons. The van der Waals surface area contributed by atoms with E-state index in [0.717, 1.165) is 12.5 Å². The lowest BCUT2D eigenvalue weighted by Crippen LogP contribution is -2.60. The molecule has 24 heavy (non-hydrogen) atoms. The van der Waals surface area contributed by atoms with Gasteiger partial charge in [-0.15, -0.1) is 0 Å². The number of ether oxygens (including phenoxy) is 2. The third kappa shape index (κ3) is 2.32. The average molecular weight is 330 g/mol. The molecule has 3 fully saturated rings. The van der Waals surface area contributed by atoms with Crippen LogP contribution >= 0.6 is 0 Å². The highest BCUT2D eigenvalue weighted by Gasteiger charge is 2.57. The second kappa shape index (κ2) is 5.69. The van der Waals surface area contributed by atoms with Gasteiger partial charge < -0.3 is 20.1 Å². The molecule has 2 aliphatic carbocycles. The number of hydrogen-bond donors (Lipinski definition) is 1. The van der Waals surface area contributed by atoms with Crippen LogP contribution in [0, 0.1) is 17.8 Å². The second-order valence-corrected chi connectivity index (χ2v) is 7.07. The largest absolute Gasteiger partial charge is 0.493 e. The van der Waals surface area contributed by atoms with E-state index >= 15 is 0 Å². The van der Waals surface area contributed by atoms with Crippen LogP contribution in [-0.2, 0) is 4.79 Å². The summed E-state index contributed by atoms with van der Waals surface area (Å²) in [6.07, 6.45) is 3.90. The van der Waals surface area contributed by atoms with Crippen molar-refractivity contribution in [1.29, 1.82) is 0 Å². The number of primary amides is 1. The summed E-state index contributed by atoms with van der Waals surface area (Å²) >= 11 is 0. The van der Waals surface area contributed by atoms with Crippen LogP contribution < -0.4 is 15.2 Å². The van der Waals surface area contributed by atoms with Gasteiger partial charge in [-0.2, -0.15) is 0 Å². The number of likely N-dealkylation sites (tertiary alicyclic amines) is 1. The van der Waals surface area contributed by atoms with Crippen molar-refractivity contribution in [2.75, 3.05) is 20.3 Å². The summed E-state index contributed by atoms with van der Waals surface area (Å²) in [7, 11) is 1.51. The highest BCUT2D eigenvalue weighted by Crippen LogP contribution is 2.55. The molecule has 2 amide bonds. The molecular formula is C18H22N2O4. The van der Waals surface area contributed by atoms with Gasteiger partial charge in [0.15, 0.2) is 18.1 Å². The summed E-state index contributed by atoms with van der Waals surface area (Å²) in [5.41, 5.74) is 5.69. The molecule has 1 saturated heterocycles. The summed E-state index contributed by atoms with van der Waals surface area (Å²) in [4.78, 5) is 25.7. The maximum atomic E-state index is 12.8. The fourth-order valence-corrected chi connectivity index (χ4v) is 4.79. The number of carbonyl (C=O) groups is 2. The van der Waals surface area contributed by atoms with Crippen molar-refractivity contribution in [3.63, 3.8) is 0 Å². The normalized spacial score (nSPS) is 29.8. The Hall–Kier alpha value is -2.24. The molecule has 0 unspecified atom stereocenters. The van der Waals surface area contributed by atoms with Gasteiger partial charge in [0.1, 0.15) is 0 Å². The Morgan fingerprint density at radius 3 is 2.75 bits per heavy atom. The Morgan fingerprint density at radius 1 is 1.25 bits per heavy atom. The molecule has 3 aliphatic rings. The van der Waals surface area contributed by atoms with Gasteiger partial charge >= 0.3 is 0 Å². The molecule has 1 aromatic rings. The first kappa shape index (κ1) is 15.3. The predicted octanol–water partition coefficient (Wildman–Crippen LogP) is 1.43. The molecule has 2 bridgehead atoms. The zero-order chi connectivity index (χ0) is 16.8. The lowest BCUT2D eigenvalue weighted by Gasteiger charge is -2.50. The van der Waals surface area contributed by atoms with Gasteiger partial charge in [-0.05, 0) is 49.3 Å². The van der Waals surface area contributed by atoms with Gasteiger partial charge in [-0.1, -0.05) is 0 Å². The van der Waals surface area contributed by atoms with E-state index in [9.17, 15) is 9.59 Å². The lowest BCUT2D eigenvalue weighted by molar-refractivity contribution is -0.119. The molecule has 6 heteroatoms. The molecule has 2 saturated carbocycles. The van der Waals surface area contributed by atoms with E-state index < -0.39 is 5.91 Å². The number of fused-ring (bicyclic) bond motifs is 5. The number of nitrogens with two attached hydrogens (primary N) is 1. The number of hydrogen-bond acceptors (Lipinski definition) is 4. The summed E-state index contributed by atoms with van der Waals surface area (Å²) in [6.45, 7) is 0.662. The summed E-state index contributed by atoms with van der Waals surface area (Å²) in [5.74, 6) is 2.60. The topological polar surface area (TPSA) is 81.9 Å². The van der Waals surface area contributed by atoms with Gasteiger partial charge in [0, 0.05) is 24.1 Å². The second-order valence-electron chi connectivity index (χ2n) is 7.07. The van der Waals surface area contributed by atoms with Crippen LogP contribution in [0.2, 0.25) is 0 Å². The van der Waals surface area contributed by atoms with E-state index in [0.29, 0.717) is 34.9 Å². The number of amides is 2. The lowest BCUT2D eigenvalue weighted by atomic mass is 9.76. The Bertz CT molecular complexity index is 688. The maximum Gasteiger partial charge on any atom is 0.255 e. The van der Waals surface area contributed by atoms with E-state index in [-0.39, 0.29) is 12.5 Å². The van der Waals surface area contributed by atoms with Gasteiger partial charge in [0.25, 0.3) is 11.8 Å². The van der Waals surface area contributed by atoms with E-state index in [1.807, 2.05) is 4.90 Å². The first-order valence-corrected chi connectivity index (χ1v) is 8.48. The van der Waals surface area contributed by atoms with Crippen molar-refractivity contribution in [3.05, 3.63) is 23.8 Å². The fraction of sp³-hybridized carbons (Fsp3) is 0.556. The van der Waals surface area contributed by atoms with Crippen molar-refractivity contribution in [2.45, 2.75) is 25.3 Å². The highest BCUT2D eigenvalue weighted by molar-refractivity contribution is 5.95. The monoisotopic (exact) mass is 330 g/mol. The molecule has 2 N–H and O–H groups in total. The molecule has 1 heterocycles. The SMILES string of the molecule is COc1cc(C(=O)N2C[C@H]3[C@H]4CC[C@@H](C4)[C@@H]32)ccc1OCC(N)=O. The van der Waals surface area contributed by atoms with Crippen molar-refractivity contribution in [1.82, 2.24) is 4.90 Å². The molecule has 128 valence electrons. The summed E-state index contributed by atoms with van der Waals surface area (Å²) in [6, 6.07) is 5.50. The number of nitrogens with zero attached hydrogens (tertiary/aromatic N) is 1. The van der Waals surface area contributed by atoms with Crippen LogP contribution in [0.5, 0.6) is 11.5 Å². The number of methoxy groups -OCH3 is 1. The van der Waals surface area contributed by atoms with Crippen LogP contribution in [-0.4, -0.2) is 43.0 Å². The quantitative estimate of drug-likeness (QED) is 0.885. The Balaban J connectivity index is 1.50. The van der Waals surface area contributed by atoms with Gasteiger partial charge in [-0.3, -0.25) is 9.59 Å². The molecule has 4 rings (SSSR count). The Labute approximate surface area is 140 Å². The Morgan fingerprint density at radius 2 is 2.04 bits per heavy atom. The van der Waals surface area contributed by atoms with E-state index in [1.54, 1.807) is 18.2 Å². The van der Waals surface area contributed by atoms with Gasteiger partial charge in [-0.25, -0.2) is 0 Å². The first-order valence-electron chi connectivity index (χ1n) is 8.48. The smallest absolute Gasteiger partial charge is 0.255 e. The van der Waals surface area contributed by atoms with Crippen LogP contribution in [0.3, 0.4) is 0 Å². The van der Waals surface area contributed by atoms with E-state index in [2.05, 4.69) is 0 Å². The minimum Gasteiger partial charge on any atom is -0.493 e. The number of rotatable bonds is 5. The van der Waals surface area contributed by atoms with Crippen molar-refractivity contribution >= 4 is 11.8 Å². The molecule has 4 atom stereocenters. The van der Waals surface area contributed by atoms with Crippen LogP contribution in [0.4, 0.5) is 0 Å². The van der Waals surface area contributed by atoms with Crippen LogP contribution in [0.15, 0.2) is 18.2 Å². The standard InChI is InChI=1S/C18H22N2O4/c1-23-15-7-12(4-5-14(15)24-9-16(19)21)18(22)20-8-13-10-2-3-11(6-10)17(13)20/h4-5,7,10-11,13,17H,2-3,6,8-9H2,1H3,(H2,19,21)/t10-,11-,13-,17-/m0/s1. The minimum absolute atomic E-state index is 0.0588. The zero-order valence-corrected chi connectivity index (χ0v) is 13.7. The molecule has 6 nitrogen and oxygen atoms in total. The zero-order valence-electron chi connectivity index (χ0n) is 13.7. The number of carbonyl (C=O) groups excluding carboxylic acids is 2. The van der Waals surface area contributed by atoms with Crippen LogP contribution in [0.1, 0.15) is 29.6 Å². The maximum absolute atomic E-state index is 12.8. The van der Waals surface area contributed by atoms with Crippen molar-refractivity contribution < 1.29 is 19.1 Å². The first-order chi connectivity index (χ1) is 11.6. The average Bonchev–Trinajstić information content (AvgIpc) is 3.09. The highest BCUT2D eigenvalue weighted by atomic mass is 16.5. The third-order valence-electron chi connectivity index (χ3n) is 5.85.